The molecule has 0 aliphatic carbocycles. The van der Waals surface area contributed by atoms with E-state index in [9.17, 15) is 14.4 Å². The Morgan fingerprint density at radius 2 is 1.93 bits per heavy atom. The number of H-pyrrole nitrogens is 2. The SMILES string of the molecule is CCn1c(=O)c(=O)[nH]c2cc(C(=O)NC(c3ccccc3)c3n[nH]c(C)n3)ccc21. The Labute approximate surface area is 170 Å². The molecule has 0 spiro atoms. The van der Waals surface area contributed by atoms with Crippen molar-refractivity contribution < 1.29 is 4.79 Å². The van der Waals surface area contributed by atoms with Gasteiger partial charge in [-0.15, -0.1) is 0 Å². The van der Waals surface area contributed by atoms with Gasteiger partial charge in [-0.3, -0.25) is 19.5 Å². The van der Waals surface area contributed by atoms with Gasteiger partial charge in [0.15, 0.2) is 5.82 Å². The van der Waals surface area contributed by atoms with Gasteiger partial charge in [-0.05, 0) is 37.6 Å². The van der Waals surface area contributed by atoms with Crippen LogP contribution in [0.1, 0.15) is 40.5 Å². The lowest BCUT2D eigenvalue weighted by molar-refractivity contribution is 0.0941. The van der Waals surface area contributed by atoms with E-state index in [1.807, 2.05) is 30.3 Å². The topological polar surface area (TPSA) is 126 Å². The number of aromatic nitrogens is 5. The first-order chi connectivity index (χ1) is 14.5. The highest BCUT2D eigenvalue weighted by Crippen LogP contribution is 2.20. The zero-order chi connectivity index (χ0) is 21.3. The first-order valence-corrected chi connectivity index (χ1v) is 9.49. The maximum Gasteiger partial charge on any atom is 0.316 e. The summed E-state index contributed by atoms with van der Waals surface area (Å²) in [6, 6.07) is 13.7. The molecule has 0 aliphatic heterocycles. The monoisotopic (exact) mass is 404 g/mol. The van der Waals surface area contributed by atoms with Crippen LogP contribution in [-0.2, 0) is 6.54 Å². The Kier molecular flexibility index (Phi) is 5.01. The second kappa shape index (κ2) is 7.78. The van der Waals surface area contributed by atoms with E-state index in [0.29, 0.717) is 34.8 Å². The Bertz CT molecular complexity index is 1340. The molecule has 1 amide bonds. The number of benzene rings is 2. The van der Waals surface area contributed by atoms with Crippen molar-refractivity contribution in [2.45, 2.75) is 26.4 Å². The Hall–Kier alpha value is -4.01. The van der Waals surface area contributed by atoms with E-state index in [0.717, 1.165) is 5.56 Å². The van der Waals surface area contributed by atoms with Gasteiger partial charge >= 0.3 is 11.1 Å². The van der Waals surface area contributed by atoms with Crippen molar-refractivity contribution >= 4 is 16.9 Å². The molecule has 0 saturated carbocycles. The van der Waals surface area contributed by atoms with E-state index in [1.54, 1.807) is 32.0 Å². The lowest BCUT2D eigenvalue weighted by Crippen LogP contribution is -2.36. The summed E-state index contributed by atoms with van der Waals surface area (Å²) in [5.41, 5.74) is 0.806. The molecule has 152 valence electrons. The quantitative estimate of drug-likeness (QED) is 0.436. The molecule has 0 saturated heterocycles. The maximum atomic E-state index is 13.0. The van der Waals surface area contributed by atoms with Gasteiger partial charge < -0.3 is 14.9 Å². The molecule has 3 N–H and O–H groups in total. The van der Waals surface area contributed by atoms with Gasteiger partial charge in [0.1, 0.15) is 11.9 Å². The first kappa shape index (κ1) is 19.3. The van der Waals surface area contributed by atoms with Crippen LogP contribution in [0.5, 0.6) is 0 Å². The van der Waals surface area contributed by atoms with Gasteiger partial charge in [0.2, 0.25) is 0 Å². The molecule has 2 aromatic heterocycles. The summed E-state index contributed by atoms with van der Waals surface area (Å²) in [6.07, 6.45) is 0. The highest BCUT2D eigenvalue weighted by molar-refractivity contribution is 5.97. The predicted molar refractivity (Wildman–Crippen MR) is 111 cm³/mol. The summed E-state index contributed by atoms with van der Waals surface area (Å²) < 4.78 is 1.37. The average molecular weight is 404 g/mol. The smallest absolute Gasteiger partial charge is 0.316 e. The Balaban J connectivity index is 1.72. The number of nitrogens with one attached hydrogen (secondary N) is 3. The molecular weight excluding hydrogens is 384 g/mol. The molecule has 2 aromatic carbocycles. The first-order valence-electron chi connectivity index (χ1n) is 9.49. The van der Waals surface area contributed by atoms with E-state index >= 15 is 0 Å². The van der Waals surface area contributed by atoms with Crippen LogP contribution in [0.4, 0.5) is 0 Å². The molecule has 9 heteroatoms. The Morgan fingerprint density at radius 3 is 2.60 bits per heavy atom. The number of rotatable bonds is 5. The third kappa shape index (κ3) is 3.52. The van der Waals surface area contributed by atoms with Crippen molar-refractivity contribution in [2.75, 3.05) is 0 Å². The molecule has 0 aliphatic rings. The number of nitrogens with zero attached hydrogens (tertiary/aromatic N) is 3. The number of carbonyl (C=O) groups is 1. The summed E-state index contributed by atoms with van der Waals surface area (Å²) in [7, 11) is 0. The summed E-state index contributed by atoms with van der Waals surface area (Å²) in [5, 5.41) is 9.95. The van der Waals surface area contributed by atoms with Crippen molar-refractivity contribution in [1.29, 1.82) is 0 Å². The third-order valence-corrected chi connectivity index (χ3v) is 4.83. The second-order valence-corrected chi connectivity index (χ2v) is 6.83. The molecule has 4 rings (SSSR count). The van der Waals surface area contributed by atoms with E-state index < -0.39 is 17.2 Å². The van der Waals surface area contributed by atoms with Crippen molar-refractivity contribution in [2.24, 2.45) is 0 Å². The summed E-state index contributed by atoms with van der Waals surface area (Å²) in [5.74, 6) is 0.727. The van der Waals surface area contributed by atoms with E-state index in [2.05, 4.69) is 25.5 Å². The van der Waals surface area contributed by atoms with Crippen LogP contribution in [0.3, 0.4) is 0 Å². The highest BCUT2D eigenvalue weighted by atomic mass is 16.2. The maximum absolute atomic E-state index is 13.0. The molecular formula is C21H20N6O3. The van der Waals surface area contributed by atoms with Crippen LogP contribution in [0, 0.1) is 6.92 Å². The van der Waals surface area contributed by atoms with Crippen molar-refractivity contribution in [1.82, 2.24) is 30.0 Å². The Morgan fingerprint density at radius 1 is 1.17 bits per heavy atom. The molecule has 4 aromatic rings. The van der Waals surface area contributed by atoms with Gasteiger partial charge in [-0.2, -0.15) is 5.10 Å². The highest BCUT2D eigenvalue weighted by Gasteiger charge is 2.22. The number of fused-ring (bicyclic) bond motifs is 1. The molecule has 0 fully saturated rings. The van der Waals surface area contributed by atoms with Gasteiger partial charge in [0.25, 0.3) is 5.91 Å². The van der Waals surface area contributed by atoms with E-state index in [4.69, 9.17) is 0 Å². The molecule has 0 bridgehead atoms. The van der Waals surface area contributed by atoms with Crippen LogP contribution < -0.4 is 16.4 Å². The number of aromatic amines is 2. The fourth-order valence-electron chi connectivity index (χ4n) is 3.38. The van der Waals surface area contributed by atoms with Crippen LogP contribution >= 0.6 is 0 Å². The lowest BCUT2D eigenvalue weighted by Gasteiger charge is -2.17. The molecule has 30 heavy (non-hydrogen) atoms. The molecule has 1 unspecified atom stereocenters. The molecule has 0 radical (unpaired) electrons. The summed E-state index contributed by atoms with van der Waals surface area (Å²) in [6.45, 7) is 3.92. The number of hydrogen-bond donors (Lipinski definition) is 3. The largest absolute Gasteiger partial charge is 0.338 e. The molecule has 1 atom stereocenters. The van der Waals surface area contributed by atoms with Crippen molar-refractivity contribution in [3.05, 3.63) is 92.0 Å². The van der Waals surface area contributed by atoms with E-state index in [-0.39, 0.29) is 5.91 Å². The number of hydrogen-bond acceptors (Lipinski definition) is 5. The normalized spacial score (nSPS) is 12.1. The van der Waals surface area contributed by atoms with Gasteiger partial charge in [0.05, 0.1) is 11.0 Å². The number of aryl methyl sites for hydroxylation is 2. The minimum absolute atomic E-state index is 0.340. The second-order valence-electron chi connectivity index (χ2n) is 6.83. The lowest BCUT2D eigenvalue weighted by atomic mass is 10.1. The van der Waals surface area contributed by atoms with Gasteiger partial charge in [0, 0.05) is 12.1 Å². The van der Waals surface area contributed by atoms with Crippen LogP contribution in [-0.4, -0.2) is 30.6 Å². The van der Waals surface area contributed by atoms with Crippen LogP contribution in [0.15, 0.2) is 58.1 Å². The zero-order valence-electron chi connectivity index (χ0n) is 16.5. The van der Waals surface area contributed by atoms with Gasteiger partial charge in [-0.1, -0.05) is 30.3 Å². The van der Waals surface area contributed by atoms with Gasteiger partial charge in [-0.25, -0.2) is 4.98 Å². The fraction of sp³-hybridized carbons (Fsp3) is 0.190. The molecule has 2 heterocycles. The minimum atomic E-state index is -0.722. The fourth-order valence-corrected chi connectivity index (χ4v) is 3.38. The van der Waals surface area contributed by atoms with E-state index in [1.165, 1.54) is 4.57 Å². The van der Waals surface area contributed by atoms with Crippen molar-refractivity contribution in [3.8, 4) is 0 Å². The summed E-state index contributed by atoms with van der Waals surface area (Å²) >= 11 is 0. The van der Waals surface area contributed by atoms with Crippen LogP contribution in [0.2, 0.25) is 0 Å². The zero-order valence-corrected chi connectivity index (χ0v) is 16.5. The predicted octanol–water partition coefficient (Wildman–Crippen LogP) is 1.66. The van der Waals surface area contributed by atoms with Crippen molar-refractivity contribution in [3.63, 3.8) is 0 Å². The average Bonchev–Trinajstić information content (AvgIpc) is 3.19. The minimum Gasteiger partial charge on any atom is -0.338 e. The number of amides is 1. The summed E-state index contributed by atoms with van der Waals surface area (Å²) in [4.78, 5) is 43.9. The molecule has 9 nitrogen and oxygen atoms in total. The third-order valence-electron chi connectivity index (χ3n) is 4.83. The standard InChI is InChI=1S/C21H20N6O3/c1-3-27-16-10-9-14(11-15(16)23-20(29)21(27)30)19(28)24-17(13-7-5-4-6-8-13)18-22-12(2)25-26-18/h4-11,17H,3H2,1-2H3,(H,23,29)(H,24,28)(H,22,25,26). The number of carbonyl (C=O) groups excluding carboxylic acids is 1. The van der Waals surface area contributed by atoms with Crippen LogP contribution in [0.25, 0.3) is 11.0 Å².